The minimum Gasteiger partial charge on any atom is -0.355 e. The largest absolute Gasteiger partial charge is 0.355 e. The average molecular weight is 193 g/mol. The molecule has 3 heteroatoms. The summed E-state index contributed by atoms with van der Waals surface area (Å²) in [5, 5.41) is -0.0302. The van der Waals surface area contributed by atoms with Crippen LogP contribution in [0.3, 0.4) is 0 Å². The van der Waals surface area contributed by atoms with Crippen LogP contribution in [0.5, 0.6) is 0 Å². The average Bonchev–Trinajstić information content (AvgIpc) is 2.45. The first-order valence-electron chi connectivity index (χ1n) is 4.19. The molecule has 0 bridgehead atoms. The second kappa shape index (κ2) is 3.07. The molecule has 0 saturated carbocycles. The number of Topliss-reactive ketones (excluding diaryl/α,β-unsaturated/α-hetero) is 1. The Hall–Kier alpha value is -0.960. The van der Waals surface area contributed by atoms with Gasteiger partial charge >= 0.3 is 0 Å². The maximum absolute atomic E-state index is 11.3. The minimum atomic E-state index is -0.0302. The van der Waals surface area contributed by atoms with E-state index < -0.39 is 0 Å². The molecule has 2 rings (SSSR count). The van der Waals surface area contributed by atoms with E-state index in [1.165, 1.54) is 4.90 Å². The van der Waals surface area contributed by atoms with Crippen LogP contribution in [-0.4, -0.2) is 18.2 Å². The number of ketones is 1. The third-order valence-electron chi connectivity index (χ3n) is 2.18. The molecule has 0 spiro atoms. The van der Waals surface area contributed by atoms with Gasteiger partial charge in [0, 0.05) is 11.9 Å². The van der Waals surface area contributed by atoms with Gasteiger partial charge in [0.1, 0.15) is 5.37 Å². The van der Waals surface area contributed by atoms with Crippen LogP contribution in [0.4, 0.5) is 5.69 Å². The normalized spacial score (nSPS) is 20.2. The predicted octanol–water partition coefficient (Wildman–Crippen LogP) is 2.14. The zero-order valence-electron chi connectivity index (χ0n) is 7.65. The van der Waals surface area contributed by atoms with Gasteiger partial charge in [-0.15, -0.1) is 0 Å². The number of hydrogen-bond donors (Lipinski definition) is 0. The van der Waals surface area contributed by atoms with Crippen LogP contribution in [0.25, 0.3) is 0 Å². The summed E-state index contributed by atoms with van der Waals surface area (Å²) in [4.78, 5) is 14.5. The SMILES string of the molecule is CC(=O)C1Sc2ccccc2N1C. The van der Waals surface area contributed by atoms with Crippen molar-refractivity contribution in [2.24, 2.45) is 0 Å². The maximum Gasteiger partial charge on any atom is 0.162 e. The van der Waals surface area contributed by atoms with Gasteiger partial charge in [0.05, 0.1) is 5.69 Å². The van der Waals surface area contributed by atoms with E-state index in [0.717, 1.165) is 5.69 Å². The number of nitrogens with zero attached hydrogens (tertiary/aromatic N) is 1. The van der Waals surface area contributed by atoms with E-state index in [9.17, 15) is 4.79 Å². The van der Waals surface area contributed by atoms with Gasteiger partial charge < -0.3 is 4.90 Å². The molecule has 1 atom stereocenters. The summed E-state index contributed by atoms with van der Waals surface area (Å²) in [7, 11) is 1.96. The van der Waals surface area contributed by atoms with Crippen LogP contribution >= 0.6 is 11.8 Å². The van der Waals surface area contributed by atoms with E-state index >= 15 is 0 Å². The Bertz CT molecular complexity index is 351. The molecule has 1 aromatic rings. The molecule has 0 aliphatic carbocycles. The van der Waals surface area contributed by atoms with Crippen LogP contribution in [0, 0.1) is 0 Å². The first-order chi connectivity index (χ1) is 6.20. The first kappa shape index (κ1) is 8.63. The van der Waals surface area contributed by atoms with E-state index in [1.54, 1.807) is 18.7 Å². The van der Waals surface area contributed by atoms with E-state index in [4.69, 9.17) is 0 Å². The highest BCUT2D eigenvalue weighted by molar-refractivity contribution is 8.01. The molecule has 1 aromatic carbocycles. The summed E-state index contributed by atoms with van der Waals surface area (Å²) in [6, 6.07) is 8.10. The lowest BCUT2D eigenvalue weighted by Crippen LogP contribution is -2.30. The van der Waals surface area contributed by atoms with E-state index in [1.807, 2.05) is 30.1 Å². The second-order valence-corrected chi connectivity index (χ2v) is 4.28. The summed E-state index contributed by atoms with van der Waals surface area (Å²) in [5.41, 5.74) is 1.16. The molecule has 68 valence electrons. The van der Waals surface area contributed by atoms with Crippen molar-refractivity contribution in [3.8, 4) is 0 Å². The number of fused-ring (bicyclic) bond motifs is 1. The zero-order valence-corrected chi connectivity index (χ0v) is 8.47. The van der Waals surface area contributed by atoms with Gasteiger partial charge in [-0.3, -0.25) is 4.79 Å². The quantitative estimate of drug-likeness (QED) is 0.681. The molecular formula is C10H11NOS. The van der Waals surface area contributed by atoms with Gasteiger partial charge in [0.2, 0.25) is 0 Å². The molecular weight excluding hydrogens is 182 g/mol. The lowest BCUT2D eigenvalue weighted by atomic mass is 10.3. The van der Waals surface area contributed by atoms with Gasteiger partial charge in [0.25, 0.3) is 0 Å². The Morgan fingerprint density at radius 1 is 1.46 bits per heavy atom. The number of rotatable bonds is 1. The number of para-hydroxylation sites is 1. The Balaban J connectivity index is 2.38. The molecule has 1 heterocycles. The number of anilines is 1. The van der Waals surface area contributed by atoms with Crippen molar-refractivity contribution in [3.05, 3.63) is 24.3 Å². The topological polar surface area (TPSA) is 20.3 Å². The Labute approximate surface area is 81.9 Å². The number of benzene rings is 1. The van der Waals surface area contributed by atoms with Crippen LogP contribution in [-0.2, 0) is 4.79 Å². The molecule has 0 fully saturated rings. The summed E-state index contributed by atoms with van der Waals surface area (Å²) in [6.07, 6.45) is 0. The van der Waals surface area contributed by atoms with Crippen LogP contribution in [0.2, 0.25) is 0 Å². The molecule has 0 aromatic heterocycles. The highest BCUT2D eigenvalue weighted by Gasteiger charge is 2.29. The van der Waals surface area contributed by atoms with Gasteiger partial charge in [-0.25, -0.2) is 0 Å². The first-order valence-corrected chi connectivity index (χ1v) is 5.07. The van der Waals surface area contributed by atoms with E-state index in [2.05, 4.69) is 6.07 Å². The Kier molecular flexibility index (Phi) is 2.04. The lowest BCUT2D eigenvalue weighted by Gasteiger charge is -2.18. The van der Waals surface area contributed by atoms with E-state index in [-0.39, 0.29) is 11.2 Å². The zero-order chi connectivity index (χ0) is 9.42. The third-order valence-corrected chi connectivity index (χ3v) is 3.65. The summed E-state index contributed by atoms with van der Waals surface area (Å²) >= 11 is 1.63. The molecule has 0 saturated heterocycles. The van der Waals surface area contributed by atoms with Crippen LogP contribution in [0.1, 0.15) is 6.92 Å². The highest BCUT2D eigenvalue weighted by Crippen LogP contribution is 2.42. The van der Waals surface area contributed by atoms with Gasteiger partial charge in [0.15, 0.2) is 5.78 Å². The fourth-order valence-electron chi connectivity index (χ4n) is 1.53. The standard InChI is InChI=1S/C10H11NOS/c1-7(12)10-11(2)8-5-3-4-6-9(8)13-10/h3-6,10H,1-2H3. The molecule has 1 unspecified atom stereocenters. The van der Waals surface area contributed by atoms with Crippen molar-refractivity contribution < 1.29 is 4.79 Å². The smallest absolute Gasteiger partial charge is 0.162 e. The highest BCUT2D eigenvalue weighted by atomic mass is 32.2. The van der Waals surface area contributed by atoms with Crippen molar-refractivity contribution in [1.29, 1.82) is 0 Å². The van der Waals surface area contributed by atoms with Crippen LogP contribution < -0.4 is 4.90 Å². The number of likely N-dealkylation sites (N-methyl/N-ethyl adjacent to an activating group) is 1. The molecule has 0 radical (unpaired) electrons. The molecule has 1 aliphatic heterocycles. The summed E-state index contributed by atoms with van der Waals surface area (Å²) in [6.45, 7) is 1.64. The number of thioether (sulfide) groups is 1. The molecule has 2 nitrogen and oxygen atoms in total. The summed E-state index contributed by atoms with van der Waals surface area (Å²) < 4.78 is 0. The molecule has 0 amide bonds. The van der Waals surface area contributed by atoms with Crippen LogP contribution in [0.15, 0.2) is 29.2 Å². The monoisotopic (exact) mass is 193 g/mol. The maximum atomic E-state index is 11.3. The number of hydrogen-bond acceptors (Lipinski definition) is 3. The van der Waals surface area contributed by atoms with Crippen molar-refractivity contribution in [2.75, 3.05) is 11.9 Å². The minimum absolute atomic E-state index is 0.0302. The van der Waals surface area contributed by atoms with Crippen molar-refractivity contribution in [2.45, 2.75) is 17.2 Å². The van der Waals surface area contributed by atoms with E-state index in [0.29, 0.717) is 0 Å². The number of carbonyl (C=O) groups is 1. The van der Waals surface area contributed by atoms with Crippen molar-refractivity contribution >= 4 is 23.2 Å². The van der Waals surface area contributed by atoms with Crippen molar-refractivity contribution in [3.63, 3.8) is 0 Å². The predicted molar refractivity (Wildman–Crippen MR) is 55.2 cm³/mol. The molecule has 13 heavy (non-hydrogen) atoms. The third kappa shape index (κ3) is 1.33. The number of carbonyl (C=O) groups excluding carboxylic acids is 1. The molecule has 0 N–H and O–H groups in total. The van der Waals surface area contributed by atoms with Gasteiger partial charge in [-0.05, 0) is 19.1 Å². The lowest BCUT2D eigenvalue weighted by molar-refractivity contribution is -0.116. The Morgan fingerprint density at radius 2 is 2.15 bits per heavy atom. The fraction of sp³-hybridized carbons (Fsp3) is 0.300. The fourth-order valence-corrected chi connectivity index (χ4v) is 2.70. The van der Waals surface area contributed by atoms with Crippen molar-refractivity contribution in [1.82, 2.24) is 0 Å². The van der Waals surface area contributed by atoms with Gasteiger partial charge in [-0.1, -0.05) is 23.9 Å². The summed E-state index contributed by atoms with van der Waals surface area (Å²) in [5.74, 6) is 0.212. The molecule has 1 aliphatic rings. The Morgan fingerprint density at radius 3 is 2.77 bits per heavy atom. The second-order valence-electron chi connectivity index (χ2n) is 3.16. The van der Waals surface area contributed by atoms with Gasteiger partial charge in [-0.2, -0.15) is 0 Å².